The van der Waals surface area contributed by atoms with Gasteiger partial charge in [0.2, 0.25) is 0 Å². The van der Waals surface area contributed by atoms with Gasteiger partial charge in [-0.1, -0.05) is 5.16 Å². The van der Waals surface area contributed by atoms with Gasteiger partial charge in [-0.25, -0.2) is 8.42 Å². The van der Waals surface area contributed by atoms with Gasteiger partial charge in [-0.05, 0) is 19.8 Å². The van der Waals surface area contributed by atoms with Crippen molar-refractivity contribution in [1.82, 2.24) is 5.32 Å². The summed E-state index contributed by atoms with van der Waals surface area (Å²) in [6.07, 6.45) is 1.89. The van der Waals surface area contributed by atoms with Crippen molar-refractivity contribution in [2.75, 3.05) is 12.3 Å². The van der Waals surface area contributed by atoms with Gasteiger partial charge in [0.1, 0.15) is 5.84 Å². The molecule has 1 saturated heterocycles. The minimum atomic E-state index is -2.89. The minimum absolute atomic E-state index is 0.00620. The Labute approximate surface area is 95.8 Å². The molecule has 0 aromatic heterocycles. The molecular formula is C9H19N3O3S. The highest BCUT2D eigenvalue weighted by molar-refractivity contribution is 7.92. The van der Waals surface area contributed by atoms with E-state index in [1.807, 2.05) is 6.92 Å². The molecule has 2 atom stereocenters. The summed E-state index contributed by atoms with van der Waals surface area (Å²) in [5.41, 5.74) is 5.35. The summed E-state index contributed by atoms with van der Waals surface area (Å²) < 4.78 is 23.0. The lowest BCUT2D eigenvalue weighted by Crippen LogP contribution is -2.38. The molecule has 2 unspecified atom stereocenters. The first-order valence-corrected chi connectivity index (χ1v) is 7.08. The second-order valence-electron chi connectivity index (χ2n) is 4.24. The Bertz CT molecular complexity index is 353. The summed E-state index contributed by atoms with van der Waals surface area (Å²) in [5.74, 6) is 0.447. The van der Waals surface area contributed by atoms with Crippen molar-refractivity contribution in [2.24, 2.45) is 10.9 Å². The zero-order valence-corrected chi connectivity index (χ0v) is 10.2. The molecule has 0 saturated carbocycles. The van der Waals surface area contributed by atoms with Crippen molar-refractivity contribution < 1.29 is 13.6 Å². The summed E-state index contributed by atoms with van der Waals surface area (Å²) in [6.45, 7) is 2.32. The normalized spacial score (nSPS) is 26.8. The van der Waals surface area contributed by atoms with E-state index in [0.29, 0.717) is 18.7 Å². The molecule has 1 rings (SSSR count). The molecule has 0 radical (unpaired) electrons. The molecule has 1 aliphatic heterocycles. The Morgan fingerprint density at radius 2 is 2.38 bits per heavy atom. The second-order valence-corrected chi connectivity index (χ2v) is 6.64. The Kier molecular flexibility index (Phi) is 4.55. The van der Waals surface area contributed by atoms with Crippen LogP contribution in [0.2, 0.25) is 0 Å². The zero-order valence-electron chi connectivity index (χ0n) is 9.39. The lowest BCUT2D eigenvalue weighted by atomic mass is 10.2. The van der Waals surface area contributed by atoms with Gasteiger partial charge in [0.15, 0.2) is 9.84 Å². The highest BCUT2D eigenvalue weighted by Crippen LogP contribution is 2.19. The van der Waals surface area contributed by atoms with Crippen molar-refractivity contribution in [3.05, 3.63) is 0 Å². The Balaban J connectivity index is 2.35. The summed E-state index contributed by atoms with van der Waals surface area (Å²) in [5, 5.41) is 14.1. The molecule has 7 heteroatoms. The van der Waals surface area contributed by atoms with E-state index in [9.17, 15) is 8.42 Å². The largest absolute Gasteiger partial charge is 0.409 e. The molecule has 0 aliphatic carbocycles. The van der Waals surface area contributed by atoms with Gasteiger partial charge in [0, 0.05) is 19.0 Å². The molecule has 0 aromatic rings. The number of rotatable bonds is 5. The topological polar surface area (TPSA) is 105 Å². The van der Waals surface area contributed by atoms with Crippen LogP contribution >= 0.6 is 0 Å². The summed E-state index contributed by atoms with van der Waals surface area (Å²) in [4.78, 5) is 0. The van der Waals surface area contributed by atoms with Crippen LogP contribution in [0, 0.1) is 0 Å². The van der Waals surface area contributed by atoms with E-state index in [4.69, 9.17) is 10.9 Å². The van der Waals surface area contributed by atoms with Crippen molar-refractivity contribution in [3.8, 4) is 0 Å². The second kappa shape index (κ2) is 5.49. The number of nitrogens with two attached hydrogens (primary N) is 1. The van der Waals surface area contributed by atoms with Crippen LogP contribution in [0.15, 0.2) is 5.16 Å². The third-order valence-corrected chi connectivity index (χ3v) is 5.08. The van der Waals surface area contributed by atoms with Gasteiger partial charge >= 0.3 is 0 Å². The number of oxime groups is 1. The first-order chi connectivity index (χ1) is 7.45. The minimum Gasteiger partial charge on any atom is -0.409 e. The highest BCUT2D eigenvalue weighted by Gasteiger charge is 2.30. The van der Waals surface area contributed by atoms with Gasteiger partial charge in [0.05, 0.1) is 11.0 Å². The Hall–Kier alpha value is -0.820. The monoisotopic (exact) mass is 249 g/mol. The van der Waals surface area contributed by atoms with E-state index in [0.717, 1.165) is 12.8 Å². The van der Waals surface area contributed by atoms with Crippen LogP contribution in [0.25, 0.3) is 0 Å². The number of nitrogens with zero attached hydrogens (tertiary/aromatic N) is 1. The fourth-order valence-corrected chi connectivity index (χ4v) is 3.63. The molecule has 0 amide bonds. The molecule has 1 heterocycles. The van der Waals surface area contributed by atoms with Crippen molar-refractivity contribution in [3.63, 3.8) is 0 Å². The maximum Gasteiger partial charge on any atom is 0.154 e. The average molecular weight is 249 g/mol. The van der Waals surface area contributed by atoms with Crippen LogP contribution in [0.3, 0.4) is 0 Å². The quantitative estimate of drug-likeness (QED) is 0.268. The average Bonchev–Trinajstić information content (AvgIpc) is 2.54. The van der Waals surface area contributed by atoms with Crippen molar-refractivity contribution in [1.29, 1.82) is 0 Å². The molecule has 6 nitrogen and oxygen atoms in total. The molecule has 94 valence electrons. The molecule has 16 heavy (non-hydrogen) atoms. The maximum atomic E-state index is 11.5. The van der Waals surface area contributed by atoms with Gasteiger partial charge < -0.3 is 16.3 Å². The fourth-order valence-electron chi connectivity index (χ4n) is 1.85. The zero-order chi connectivity index (χ0) is 12.2. The predicted octanol–water partition coefficient (Wildman–Crippen LogP) is -0.322. The predicted molar refractivity (Wildman–Crippen MR) is 62.3 cm³/mol. The van der Waals surface area contributed by atoms with E-state index in [1.165, 1.54) is 0 Å². The molecule has 4 N–H and O–H groups in total. The molecule has 1 aliphatic rings. The van der Waals surface area contributed by atoms with E-state index < -0.39 is 9.84 Å². The third kappa shape index (κ3) is 3.64. The van der Waals surface area contributed by atoms with Crippen LogP contribution in [0.4, 0.5) is 0 Å². The van der Waals surface area contributed by atoms with E-state index in [2.05, 4.69) is 10.5 Å². The first kappa shape index (κ1) is 13.2. The molecular weight excluding hydrogens is 230 g/mol. The lowest BCUT2D eigenvalue weighted by Gasteiger charge is -2.16. The summed E-state index contributed by atoms with van der Waals surface area (Å²) in [7, 11) is -2.89. The number of hydrogen-bond donors (Lipinski definition) is 3. The van der Waals surface area contributed by atoms with Crippen LogP contribution in [-0.2, 0) is 9.84 Å². The first-order valence-electron chi connectivity index (χ1n) is 5.37. The Morgan fingerprint density at radius 1 is 1.69 bits per heavy atom. The summed E-state index contributed by atoms with van der Waals surface area (Å²) in [6, 6.07) is 0.00620. The highest BCUT2D eigenvalue weighted by atomic mass is 32.2. The SMILES string of the molecule is CC(CC(N)=NO)NCC1CCCS1(=O)=O. The van der Waals surface area contributed by atoms with Crippen LogP contribution < -0.4 is 11.1 Å². The van der Waals surface area contributed by atoms with Crippen LogP contribution in [0.5, 0.6) is 0 Å². The smallest absolute Gasteiger partial charge is 0.154 e. The lowest BCUT2D eigenvalue weighted by molar-refractivity contribution is 0.316. The molecule has 0 aromatic carbocycles. The van der Waals surface area contributed by atoms with Crippen molar-refractivity contribution >= 4 is 15.7 Å². The van der Waals surface area contributed by atoms with Gasteiger partial charge in [-0.2, -0.15) is 0 Å². The van der Waals surface area contributed by atoms with Gasteiger partial charge in [-0.3, -0.25) is 0 Å². The molecule has 0 bridgehead atoms. The summed E-state index contributed by atoms with van der Waals surface area (Å²) >= 11 is 0. The van der Waals surface area contributed by atoms with Gasteiger partial charge in [0.25, 0.3) is 0 Å². The van der Waals surface area contributed by atoms with E-state index in [1.54, 1.807) is 0 Å². The fraction of sp³-hybridized carbons (Fsp3) is 0.889. The Morgan fingerprint density at radius 3 is 2.88 bits per heavy atom. The van der Waals surface area contributed by atoms with Crippen LogP contribution in [-0.4, -0.2) is 43.1 Å². The van der Waals surface area contributed by atoms with Crippen molar-refractivity contribution in [2.45, 2.75) is 37.5 Å². The number of hydrogen-bond acceptors (Lipinski definition) is 5. The third-order valence-electron chi connectivity index (χ3n) is 2.80. The molecule has 0 spiro atoms. The van der Waals surface area contributed by atoms with E-state index >= 15 is 0 Å². The van der Waals surface area contributed by atoms with Crippen LogP contribution in [0.1, 0.15) is 26.2 Å². The number of sulfone groups is 1. The van der Waals surface area contributed by atoms with Gasteiger partial charge in [-0.15, -0.1) is 0 Å². The van der Waals surface area contributed by atoms with E-state index in [-0.39, 0.29) is 17.1 Å². The number of amidine groups is 1. The number of nitrogens with one attached hydrogen (secondary N) is 1. The maximum absolute atomic E-state index is 11.5. The molecule has 1 fully saturated rings. The standard InChI is InChI=1S/C9H19N3O3S/c1-7(5-9(10)12-13)11-6-8-3-2-4-16(8,14)15/h7-8,11,13H,2-6H2,1H3,(H2,10,12).